The molecule has 0 aliphatic heterocycles. The van der Waals surface area contributed by atoms with Crippen molar-refractivity contribution >= 4 is 23.7 Å². The molecule has 0 aromatic heterocycles. The van der Waals surface area contributed by atoms with Gasteiger partial charge in [-0.2, -0.15) is 0 Å². The minimum absolute atomic E-state index is 0.0649. The van der Waals surface area contributed by atoms with Crippen LogP contribution in [0.25, 0.3) is 0 Å². The predicted octanol–water partition coefficient (Wildman–Crippen LogP) is 1.35. The van der Waals surface area contributed by atoms with Crippen molar-refractivity contribution in [1.82, 2.24) is 5.32 Å². The van der Waals surface area contributed by atoms with Gasteiger partial charge < -0.3 is 20.5 Å². The molecule has 0 spiro atoms. The van der Waals surface area contributed by atoms with E-state index in [-0.39, 0.29) is 13.0 Å². The van der Waals surface area contributed by atoms with Gasteiger partial charge >= 0.3 is 18.0 Å². The zero-order valence-electron chi connectivity index (χ0n) is 10.9. The molecule has 1 rings (SSSR count). The second-order valence-electron chi connectivity index (χ2n) is 3.82. The van der Waals surface area contributed by atoms with Gasteiger partial charge in [0.05, 0.1) is 24.8 Å². The molecule has 0 aliphatic rings. The van der Waals surface area contributed by atoms with Gasteiger partial charge in [-0.05, 0) is 6.07 Å². The van der Waals surface area contributed by atoms with Gasteiger partial charge in [-0.3, -0.25) is 4.79 Å². The van der Waals surface area contributed by atoms with Gasteiger partial charge in [-0.25, -0.2) is 18.4 Å². The fourth-order valence-corrected chi connectivity index (χ4v) is 1.37. The summed E-state index contributed by atoms with van der Waals surface area (Å²) < 4.78 is 30.4. The summed E-state index contributed by atoms with van der Waals surface area (Å²) in [4.78, 5) is 33.2. The SMILES string of the molecule is COC(=O)CCNC(=O)Nc1cc(F)c(F)cc1C(=O)O. The minimum Gasteiger partial charge on any atom is -0.478 e. The van der Waals surface area contributed by atoms with E-state index in [2.05, 4.69) is 15.4 Å². The molecule has 3 N–H and O–H groups in total. The first-order valence-corrected chi connectivity index (χ1v) is 5.69. The van der Waals surface area contributed by atoms with Gasteiger partial charge in [0.2, 0.25) is 0 Å². The number of halogens is 2. The topological polar surface area (TPSA) is 105 Å². The molecule has 9 heteroatoms. The first kappa shape index (κ1) is 16.3. The summed E-state index contributed by atoms with van der Waals surface area (Å²) in [7, 11) is 1.18. The Balaban J connectivity index is 2.73. The number of hydrogen-bond donors (Lipinski definition) is 3. The van der Waals surface area contributed by atoms with Crippen molar-refractivity contribution in [3.05, 3.63) is 29.3 Å². The number of carbonyl (C=O) groups excluding carboxylic acids is 2. The van der Waals surface area contributed by atoms with Crippen molar-refractivity contribution in [2.75, 3.05) is 19.0 Å². The van der Waals surface area contributed by atoms with E-state index >= 15 is 0 Å². The fourth-order valence-electron chi connectivity index (χ4n) is 1.37. The first-order valence-electron chi connectivity index (χ1n) is 5.69. The van der Waals surface area contributed by atoms with E-state index in [4.69, 9.17) is 5.11 Å². The van der Waals surface area contributed by atoms with E-state index < -0.39 is 40.9 Å². The highest BCUT2D eigenvalue weighted by Gasteiger charge is 2.17. The van der Waals surface area contributed by atoms with E-state index in [1.54, 1.807) is 0 Å². The van der Waals surface area contributed by atoms with E-state index in [0.717, 1.165) is 0 Å². The molecule has 0 heterocycles. The lowest BCUT2D eigenvalue weighted by atomic mass is 10.1. The third kappa shape index (κ3) is 4.71. The van der Waals surface area contributed by atoms with Gasteiger partial charge in [0.15, 0.2) is 11.6 Å². The van der Waals surface area contributed by atoms with Crippen molar-refractivity contribution < 1.29 is 33.0 Å². The maximum Gasteiger partial charge on any atom is 0.337 e. The van der Waals surface area contributed by atoms with Crippen LogP contribution < -0.4 is 10.6 Å². The number of aromatic carboxylic acids is 1. The molecule has 0 saturated carbocycles. The molecule has 0 aliphatic carbocycles. The fraction of sp³-hybridized carbons (Fsp3) is 0.250. The second-order valence-corrected chi connectivity index (χ2v) is 3.82. The Morgan fingerprint density at radius 3 is 2.43 bits per heavy atom. The van der Waals surface area contributed by atoms with Crippen molar-refractivity contribution in [2.24, 2.45) is 0 Å². The van der Waals surface area contributed by atoms with E-state index in [9.17, 15) is 23.2 Å². The number of benzene rings is 1. The molecule has 0 saturated heterocycles. The summed E-state index contributed by atoms with van der Waals surface area (Å²) in [5.74, 6) is -4.72. The zero-order chi connectivity index (χ0) is 16.0. The van der Waals surface area contributed by atoms with Crippen LogP contribution in [0.2, 0.25) is 0 Å². The van der Waals surface area contributed by atoms with E-state index in [1.807, 2.05) is 0 Å². The lowest BCUT2D eigenvalue weighted by molar-refractivity contribution is -0.140. The maximum absolute atomic E-state index is 13.1. The Labute approximate surface area is 117 Å². The van der Waals surface area contributed by atoms with Gasteiger partial charge in [-0.1, -0.05) is 0 Å². The number of ether oxygens (including phenoxy) is 1. The predicted molar refractivity (Wildman–Crippen MR) is 67.0 cm³/mol. The van der Waals surface area contributed by atoms with E-state index in [0.29, 0.717) is 12.1 Å². The molecule has 0 radical (unpaired) electrons. The van der Waals surface area contributed by atoms with Crippen LogP contribution in [0.15, 0.2) is 12.1 Å². The highest BCUT2D eigenvalue weighted by molar-refractivity contribution is 6.00. The summed E-state index contributed by atoms with van der Waals surface area (Å²) >= 11 is 0. The summed E-state index contributed by atoms with van der Waals surface area (Å²) in [6, 6.07) is 0.146. The molecule has 1 aromatic rings. The number of esters is 1. The minimum atomic E-state index is -1.53. The van der Waals surface area contributed by atoms with Crippen LogP contribution in [-0.2, 0) is 9.53 Å². The average Bonchev–Trinajstić information content (AvgIpc) is 2.42. The zero-order valence-corrected chi connectivity index (χ0v) is 10.9. The van der Waals surface area contributed by atoms with Gasteiger partial charge in [0.1, 0.15) is 0 Å². The number of carboxylic acid groups (broad SMARTS) is 1. The monoisotopic (exact) mass is 302 g/mol. The molecule has 1 aromatic carbocycles. The number of anilines is 1. The van der Waals surface area contributed by atoms with Crippen LogP contribution in [-0.4, -0.2) is 36.7 Å². The number of urea groups is 1. The Hall–Kier alpha value is -2.71. The summed E-state index contributed by atoms with van der Waals surface area (Å²) in [5, 5.41) is 13.2. The number of rotatable bonds is 5. The van der Waals surface area contributed by atoms with Gasteiger partial charge in [0.25, 0.3) is 0 Å². The highest BCUT2D eigenvalue weighted by atomic mass is 19.2. The number of nitrogens with one attached hydrogen (secondary N) is 2. The number of carbonyl (C=O) groups is 3. The van der Waals surface area contributed by atoms with Gasteiger partial charge in [-0.15, -0.1) is 0 Å². The standard InChI is InChI=1S/C12H12F2N2O5/c1-21-10(17)2-3-15-12(20)16-9-5-8(14)7(13)4-6(9)11(18)19/h4-5H,2-3H2,1H3,(H,18,19)(H2,15,16,20). The van der Waals surface area contributed by atoms with Crippen molar-refractivity contribution in [1.29, 1.82) is 0 Å². The van der Waals surface area contributed by atoms with Crippen LogP contribution in [0.4, 0.5) is 19.3 Å². The lowest BCUT2D eigenvalue weighted by Gasteiger charge is -2.10. The van der Waals surface area contributed by atoms with Crippen molar-refractivity contribution in [3.8, 4) is 0 Å². The molecule has 0 unspecified atom stereocenters. The largest absolute Gasteiger partial charge is 0.478 e. The molecule has 21 heavy (non-hydrogen) atoms. The Kier molecular flexibility index (Phi) is 5.58. The molecule has 114 valence electrons. The summed E-state index contributed by atoms with van der Waals surface area (Å²) in [5.41, 5.74) is -1.01. The first-order chi connectivity index (χ1) is 9.85. The highest BCUT2D eigenvalue weighted by Crippen LogP contribution is 2.20. The third-order valence-corrected chi connectivity index (χ3v) is 2.38. The van der Waals surface area contributed by atoms with Crippen LogP contribution in [0.3, 0.4) is 0 Å². The third-order valence-electron chi connectivity index (χ3n) is 2.38. The quantitative estimate of drug-likeness (QED) is 0.712. The van der Waals surface area contributed by atoms with Crippen LogP contribution >= 0.6 is 0 Å². The molecule has 0 atom stereocenters. The van der Waals surface area contributed by atoms with E-state index in [1.165, 1.54) is 7.11 Å². The summed E-state index contributed by atoms with van der Waals surface area (Å²) in [6.07, 6.45) is -0.0898. The van der Waals surface area contributed by atoms with Crippen molar-refractivity contribution in [3.63, 3.8) is 0 Å². The van der Waals surface area contributed by atoms with Gasteiger partial charge in [0, 0.05) is 12.6 Å². The molecule has 0 fully saturated rings. The average molecular weight is 302 g/mol. The number of carboxylic acids is 1. The number of amides is 2. The Bertz CT molecular complexity index is 577. The van der Waals surface area contributed by atoms with Crippen LogP contribution in [0.5, 0.6) is 0 Å². The summed E-state index contributed by atoms with van der Waals surface area (Å²) in [6.45, 7) is -0.0649. The normalized spacial score (nSPS) is 9.86. The molecule has 7 nitrogen and oxygen atoms in total. The Morgan fingerprint density at radius 2 is 1.86 bits per heavy atom. The Morgan fingerprint density at radius 1 is 1.24 bits per heavy atom. The molecule has 0 bridgehead atoms. The smallest absolute Gasteiger partial charge is 0.337 e. The van der Waals surface area contributed by atoms with Crippen LogP contribution in [0.1, 0.15) is 16.8 Å². The second kappa shape index (κ2) is 7.17. The lowest BCUT2D eigenvalue weighted by Crippen LogP contribution is -2.31. The molecular formula is C12H12F2N2O5. The van der Waals surface area contributed by atoms with Crippen molar-refractivity contribution in [2.45, 2.75) is 6.42 Å². The maximum atomic E-state index is 13.1. The molecule has 2 amide bonds. The molecular weight excluding hydrogens is 290 g/mol. The number of methoxy groups -OCH3 is 1. The van der Waals surface area contributed by atoms with Crippen LogP contribution in [0, 0.1) is 11.6 Å². The number of hydrogen-bond acceptors (Lipinski definition) is 4.